The maximum atomic E-state index is 12.2. The van der Waals surface area contributed by atoms with Crippen molar-refractivity contribution < 1.29 is 24.3 Å². The Morgan fingerprint density at radius 3 is 2.68 bits per heavy atom. The van der Waals surface area contributed by atoms with E-state index < -0.39 is 24.5 Å². The first-order valence-electron chi connectivity index (χ1n) is 5.71. The van der Waals surface area contributed by atoms with Gasteiger partial charge in [0.1, 0.15) is 5.69 Å². The van der Waals surface area contributed by atoms with Crippen LogP contribution in [0, 0.1) is 0 Å². The average molecular weight is 268 g/mol. The maximum Gasteiger partial charge on any atom is 0.333 e. The molecule has 1 atom stereocenters. The van der Waals surface area contributed by atoms with E-state index in [1.807, 2.05) is 0 Å². The van der Waals surface area contributed by atoms with Crippen molar-refractivity contribution in [3.05, 3.63) is 30.1 Å². The molecule has 1 aromatic heterocycles. The smallest absolute Gasteiger partial charge is 0.333 e. The molecule has 0 aliphatic rings. The fourth-order valence-electron chi connectivity index (χ4n) is 1.41. The van der Waals surface area contributed by atoms with Gasteiger partial charge in [-0.25, -0.2) is 4.79 Å². The first-order chi connectivity index (χ1) is 9.15. The number of ether oxygens (including phenoxy) is 1. The zero-order valence-corrected chi connectivity index (χ0v) is 10.8. The van der Waals surface area contributed by atoms with E-state index in [-0.39, 0.29) is 12.3 Å². The summed E-state index contributed by atoms with van der Waals surface area (Å²) in [5.74, 6) is -1.38. The van der Waals surface area contributed by atoms with Crippen LogP contribution in [0.1, 0.15) is 17.4 Å². The van der Waals surface area contributed by atoms with Crippen LogP contribution >= 0.6 is 0 Å². The second kappa shape index (κ2) is 7.45. The second-order valence-corrected chi connectivity index (χ2v) is 3.49. The van der Waals surface area contributed by atoms with Crippen LogP contribution < -0.4 is 0 Å². The van der Waals surface area contributed by atoms with Gasteiger partial charge >= 0.3 is 5.97 Å². The van der Waals surface area contributed by atoms with Gasteiger partial charge in [-0.05, 0) is 19.1 Å². The number of aromatic nitrogens is 1. The molecule has 1 N–H and O–H groups in total. The van der Waals surface area contributed by atoms with E-state index >= 15 is 0 Å². The van der Waals surface area contributed by atoms with Crippen LogP contribution in [0.4, 0.5) is 0 Å². The normalized spacial score (nSPS) is 11.7. The number of rotatable bonds is 6. The first-order valence-corrected chi connectivity index (χ1v) is 5.71. The molecule has 7 heteroatoms. The number of hydrogen-bond donors (Lipinski definition) is 1. The molecule has 0 saturated carbocycles. The van der Waals surface area contributed by atoms with Gasteiger partial charge in [-0.1, -0.05) is 6.07 Å². The molecular weight excluding hydrogens is 252 g/mol. The molecule has 1 rings (SSSR count). The third-order valence-electron chi connectivity index (χ3n) is 2.28. The lowest BCUT2D eigenvalue weighted by atomic mass is 10.2. The standard InChI is InChI=1S/C12H16N2O5/c1-3-19-14(10(8-15)12(17)18-2)11(16)9-6-4-5-7-13-9/h4-7,10,15H,3,8H2,1-2H3. The molecule has 0 radical (unpaired) electrons. The van der Waals surface area contributed by atoms with Gasteiger partial charge in [0.2, 0.25) is 0 Å². The van der Waals surface area contributed by atoms with Crippen molar-refractivity contribution in [3.8, 4) is 0 Å². The fourth-order valence-corrected chi connectivity index (χ4v) is 1.41. The van der Waals surface area contributed by atoms with Crippen molar-refractivity contribution >= 4 is 11.9 Å². The molecule has 19 heavy (non-hydrogen) atoms. The van der Waals surface area contributed by atoms with Crippen LogP contribution in [-0.4, -0.2) is 53.4 Å². The lowest BCUT2D eigenvalue weighted by Gasteiger charge is -2.26. The van der Waals surface area contributed by atoms with Gasteiger partial charge in [-0.15, -0.1) is 0 Å². The largest absolute Gasteiger partial charge is 0.467 e. The second-order valence-electron chi connectivity index (χ2n) is 3.49. The Kier molecular flexibility index (Phi) is 5.91. The molecule has 1 heterocycles. The van der Waals surface area contributed by atoms with Crippen LogP contribution in [-0.2, 0) is 14.4 Å². The summed E-state index contributed by atoms with van der Waals surface area (Å²) < 4.78 is 4.52. The molecule has 0 aliphatic heterocycles. The Morgan fingerprint density at radius 1 is 1.47 bits per heavy atom. The van der Waals surface area contributed by atoms with E-state index in [0.717, 1.165) is 5.06 Å². The van der Waals surface area contributed by atoms with Crippen molar-refractivity contribution in [1.29, 1.82) is 0 Å². The number of carbonyl (C=O) groups excluding carboxylic acids is 2. The van der Waals surface area contributed by atoms with Gasteiger partial charge in [-0.2, -0.15) is 5.06 Å². The van der Waals surface area contributed by atoms with E-state index in [4.69, 9.17) is 4.84 Å². The van der Waals surface area contributed by atoms with Gasteiger partial charge in [0.15, 0.2) is 6.04 Å². The van der Waals surface area contributed by atoms with Crippen LogP contribution in [0.5, 0.6) is 0 Å². The van der Waals surface area contributed by atoms with E-state index in [9.17, 15) is 14.7 Å². The van der Waals surface area contributed by atoms with Crippen molar-refractivity contribution in [2.75, 3.05) is 20.3 Å². The van der Waals surface area contributed by atoms with E-state index in [1.165, 1.54) is 19.4 Å². The number of carbonyl (C=O) groups is 2. The quantitative estimate of drug-likeness (QED) is 0.577. The maximum absolute atomic E-state index is 12.2. The Balaban J connectivity index is 2.99. The van der Waals surface area contributed by atoms with Crippen LogP contribution in [0.3, 0.4) is 0 Å². The minimum Gasteiger partial charge on any atom is -0.467 e. The highest BCUT2D eigenvalue weighted by Crippen LogP contribution is 2.09. The molecule has 0 bridgehead atoms. The van der Waals surface area contributed by atoms with Crippen molar-refractivity contribution in [2.45, 2.75) is 13.0 Å². The highest BCUT2D eigenvalue weighted by molar-refractivity contribution is 5.94. The van der Waals surface area contributed by atoms with Crippen molar-refractivity contribution in [3.63, 3.8) is 0 Å². The predicted octanol–water partition coefficient (Wildman–Crippen LogP) is 0.00920. The zero-order chi connectivity index (χ0) is 14.3. The fraction of sp³-hybridized carbons (Fsp3) is 0.417. The summed E-state index contributed by atoms with van der Waals surface area (Å²) in [6, 6.07) is 3.56. The number of aliphatic hydroxyl groups excluding tert-OH is 1. The average Bonchev–Trinajstić information content (AvgIpc) is 2.47. The lowest BCUT2D eigenvalue weighted by Crippen LogP contribution is -2.48. The SMILES string of the molecule is CCON(C(=O)c1ccccn1)C(CO)C(=O)OC. The van der Waals surface area contributed by atoms with Crippen LogP contribution in [0.25, 0.3) is 0 Å². The molecule has 7 nitrogen and oxygen atoms in total. The highest BCUT2D eigenvalue weighted by Gasteiger charge is 2.32. The molecule has 0 saturated heterocycles. The van der Waals surface area contributed by atoms with Gasteiger partial charge in [0.25, 0.3) is 5.91 Å². The van der Waals surface area contributed by atoms with Gasteiger partial charge in [0, 0.05) is 6.20 Å². The molecule has 1 unspecified atom stereocenters. The summed E-state index contributed by atoms with van der Waals surface area (Å²) in [6.07, 6.45) is 1.45. The minimum absolute atomic E-state index is 0.110. The molecular formula is C12H16N2O5. The summed E-state index contributed by atoms with van der Waals surface area (Å²) in [5, 5.41) is 10.0. The molecule has 0 aliphatic carbocycles. The number of nitrogens with zero attached hydrogens (tertiary/aromatic N) is 2. The molecule has 104 valence electrons. The summed E-state index contributed by atoms with van der Waals surface area (Å²) in [6.45, 7) is 1.21. The Hall–Kier alpha value is -1.99. The van der Waals surface area contributed by atoms with Crippen molar-refractivity contribution in [2.24, 2.45) is 0 Å². The predicted molar refractivity (Wildman–Crippen MR) is 64.9 cm³/mol. The Labute approximate surface area is 110 Å². The number of pyridine rings is 1. The Bertz CT molecular complexity index is 423. The number of aliphatic hydroxyl groups is 1. The van der Waals surface area contributed by atoms with Gasteiger partial charge < -0.3 is 9.84 Å². The number of esters is 1. The first kappa shape index (κ1) is 15.1. The van der Waals surface area contributed by atoms with E-state index in [2.05, 4.69) is 9.72 Å². The third kappa shape index (κ3) is 3.73. The third-order valence-corrected chi connectivity index (χ3v) is 2.28. The van der Waals surface area contributed by atoms with E-state index in [1.54, 1.807) is 19.1 Å². The minimum atomic E-state index is -1.22. The summed E-state index contributed by atoms with van der Waals surface area (Å²) in [7, 11) is 1.17. The van der Waals surface area contributed by atoms with Gasteiger partial charge in [0.05, 0.1) is 20.3 Å². The van der Waals surface area contributed by atoms with Crippen LogP contribution in [0.15, 0.2) is 24.4 Å². The topological polar surface area (TPSA) is 89.0 Å². The molecule has 0 aromatic carbocycles. The molecule has 0 spiro atoms. The molecule has 1 aromatic rings. The van der Waals surface area contributed by atoms with E-state index in [0.29, 0.717) is 0 Å². The molecule has 0 fully saturated rings. The number of hydroxylamine groups is 2. The lowest BCUT2D eigenvalue weighted by molar-refractivity contribution is -0.181. The number of methoxy groups -OCH3 is 1. The Morgan fingerprint density at radius 2 is 2.21 bits per heavy atom. The zero-order valence-electron chi connectivity index (χ0n) is 10.8. The number of hydrogen-bond acceptors (Lipinski definition) is 6. The monoisotopic (exact) mass is 268 g/mol. The van der Waals surface area contributed by atoms with Crippen molar-refractivity contribution in [1.82, 2.24) is 10.0 Å². The van der Waals surface area contributed by atoms with Crippen LogP contribution in [0.2, 0.25) is 0 Å². The summed E-state index contributed by atoms with van der Waals surface area (Å²) in [4.78, 5) is 32.7. The summed E-state index contributed by atoms with van der Waals surface area (Å²) >= 11 is 0. The number of amides is 1. The van der Waals surface area contributed by atoms with Gasteiger partial charge in [-0.3, -0.25) is 14.6 Å². The summed E-state index contributed by atoms with van der Waals surface area (Å²) in [5.41, 5.74) is 0.110. The highest BCUT2D eigenvalue weighted by atomic mass is 16.7. The molecule has 1 amide bonds.